The molecule has 2 nitrogen and oxygen atoms in total. The Morgan fingerprint density at radius 1 is 1.71 bits per heavy atom. The molecule has 0 spiro atoms. The number of carbonyl (C=O) groups is 1. The topological polar surface area (TPSA) is 37.3 Å². The molecule has 0 atom stereocenters. The predicted octanol–water partition coefficient (Wildman–Crippen LogP) is 0.0287. The van der Waals surface area contributed by atoms with E-state index in [1.807, 2.05) is 0 Å². The predicted molar refractivity (Wildman–Crippen MR) is 26.1 cm³/mol. The maximum atomic E-state index is 9.25. The molecule has 1 N–H and O–H groups in total. The summed E-state index contributed by atoms with van der Waals surface area (Å²) in [7, 11) is 0. The van der Waals surface area contributed by atoms with Gasteiger partial charge in [0.1, 0.15) is 0 Å². The fraction of sp³-hybridized carbons (Fsp3) is 0. The van der Waals surface area contributed by atoms with E-state index < -0.39 is 5.97 Å². The number of halogens is 1. The van der Waals surface area contributed by atoms with Gasteiger partial charge < -0.3 is 5.11 Å². The van der Waals surface area contributed by atoms with Crippen LogP contribution in [0.1, 0.15) is 0 Å². The minimum Gasteiger partial charge on any atom is -0.478 e. The number of carboxylic acid groups (broad SMARTS) is 1. The van der Waals surface area contributed by atoms with E-state index in [0.717, 1.165) is 6.08 Å². The molecule has 0 bridgehead atoms. The van der Waals surface area contributed by atoms with E-state index in [2.05, 4.69) is 6.58 Å². The highest BCUT2D eigenvalue weighted by atomic mass is 28.1. The Kier molecular flexibility index (Phi) is 20.9. The average Bonchev–Trinajstić information content (AvgIpc) is 1.38. The van der Waals surface area contributed by atoms with Crippen LogP contribution in [0, 0.1) is 0 Å². The summed E-state index contributed by atoms with van der Waals surface area (Å²) in [6, 6.07) is 0. The Hall–Kier alpha value is -0.643. The maximum absolute atomic E-state index is 9.25. The van der Waals surface area contributed by atoms with Gasteiger partial charge in [0.15, 0.2) is 0 Å². The number of aliphatic carboxylic acids is 1. The van der Waals surface area contributed by atoms with Crippen molar-refractivity contribution in [2.45, 2.75) is 0 Å². The minimum atomic E-state index is -0.981. The van der Waals surface area contributed by atoms with Gasteiger partial charge in [-0.3, -0.25) is 4.70 Å². The van der Waals surface area contributed by atoms with Gasteiger partial charge >= 0.3 is 5.97 Å². The Morgan fingerprint density at radius 3 is 1.86 bits per heavy atom. The van der Waals surface area contributed by atoms with Gasteiger partial charge in [-0.1, -0.05) is 6.58 Å². The van der Waals surface area contributed by atoms with Crippen molar-refractivity contribution in [1.29, 1.82) is 0 Å². The molecule has 0 aliphatic rings. The van der Waals surface area contributed by atoms with Crippen LogP contribution >= 0.6 is 0 Å². The van der Waals surface area contributed by atoms with Crippen molar-refractivity contribution in [3.8, 4) is 0 Å². The molecule has 7 heavy (non-hydrogen) atoms. The minimum absolute atomic E-state index is 0. The number of carboxylic acids is 1. The summed E-state index contributed by atoms with van der Waals surface area (Å²) >= 11 is 0. The van der Waals surface area contributed by atoms with Gasteiger partial charge in [0.2, 0.25) is 0 Å². The number of rotatable bonds is 1. The molecular formula is C3H5FO2Si. The molecule has 0 aromatic carbocycles. The fourth-order valence-corrected chi connectivity index (χ4v) is 0. The lowest BCUT2D eigenvalue weighted by atomic mass is 10.7. The van der Waals surface area contributed by atoms with Crippen LogP contribution in [-0.2, 0) is 4.79 Å². The molecule has 0 saturated heterocycles. The Bertz CT molecular complexity index is 64.0. The van der Waals surface area contributed by atoms with Crippen LogP contribution in [0.15, 0.2) is 12.7 Å². The molecule has 0 aliphatic heterocycles. The first-order valence-corrected chi connectivity index (χ1v) is 1.12. The van der Waals surface area contributed by atoms with Gasteiger partial charge in [-0.05, 0) is 0 Å². The van der Waals surface area contributed by atoms with Gasteiger partial charge in [0.25, 0.3) is 0 Å². The highest BCUT2D eigenvalue weighted by molar-refractivity contribution is 5.78. The van der Waals surface area contributed by atoms with Crippen LogP contribution in [-0.4, -0.2) is 22.0 Å². The number of hydrogen-bond acceptors (Lipinski definition) is 1. The van der Waals surface area contributed by atoms with Crippen LogP contribution in [0.2, 0.25) is 0 Å². The second-order valence-electron chi connectivity index (χ2n) is 0.542. The van der Waals surface area contributed by atoms with Crippen molar-refractivity contribution in [1.82, 2.24) is 0 Å². The zero-order chi connectivity index (χ0) is 4.28. The third-order valence-corrected chi connectivity index (χ3v) is 0.175. The molecule has 40 valence electrons. The fourth-order valence-electron chi connectivity index (χ4n) is 0. The summed E-state index contributed by atoms with van der Waals surface area (Å²) < 4.78 is 0. The Morgan fingerprint density at radius 2 is 1.86 bits per heavy atom. The van der Waals surface area contributed by atoms with Gasteiger partial charge in [0.05, 0.1) is 0 Å². The zero-order valence-corrected chi connectivity index (χ0v) is 4.55. The van der Waals surface area contributed by atoms with Crippen molar-refractivity contribution >= 4 is 16.9 Å². The van der Waals surface area contributed by atoms with E-state index >= 15 is 0 Å². The molecule has 0 amide bonds. The quantitative estimate of drug-likeness (QED) is 0.391. The highest BCUT2D eigenvalue weighted by Gasteiger charge is 1.73. The molecule has 0 saturated carbocycles. The average molecular weight is 120 g/mol. The van der Waals surface area contributed by atoms with E-state index in [0.29, 0.717) is 0 Å². The lowest BCUT2D eigenvalue weighted by Gasteiger charge is -1.64. The van der Waals surface area contributed by atoms with Gasteiger partial charge in [-0.2, -0.15) is 0 Å². The van der Waals surface area contributed by atoms with Crippen LogP contribution in [0.3, 0.4) is 0 Å². The lowest BCUT2D eigenvalue weighted by molar-refractivity contribution is -0.131. The lowest BCUT2D eigenvalue weighted by Crippen LogP contribution is -1.82. The van der Waals surface area contributed by atoms with Gasteiger partial charge in [-0.25, -0.2) is 4.79 Å². The van der Waals surface area contributed by atoms with E-state index in [9.17, 15) is 4.79 Å². The van der Waals surface area contributed by atoms with E-state index in [-0.39, 0.29) is 15.7 Å². The second-order valence-corrected chi connectivity index (χ2v) is 0.542. The van der Waals surface area contributed by atoms with Gasteiger partial charge in [0, 0.05) is 17.0 Å². The Labute approximate surface area is 45.2 Å². The van der Waals surface area contributed by atoms with Crippen molar-refractivity contribution in [3.05, 3.63) is 12.7 Å². The van der Waals surface area contributed by atoms with Crippen LogP contribution in [0.5, 0.6) is 0 Å². The first-order chi connectivity index (χ1) is 2.27. The molecule has 0 unspecified atom stereocenters. The summed E-state index contributed by atoms with van der Waals surface area (Å²) in [5, 5.41) is 7.60. The van der Waals surface area contributed by atoms with E-state index in [4.69, 9.17) is 5.11 Å². The summed E-state index contributed by atoms with van der Waals surface area (Å²) in [4.78, 5) is 9.25. The van der Waals surface area contributed by atoms with E-state index in [1.165, 1.54) is 0 Å². The highest BCUT2D eigenvalue weighted by Crippen LogP contribution is 1.54. The van der Waals surface area contributed by atoms with Crippen LogP contribution in [0.4, 0.5) is 4.70 Å². The zero-order valence-electron chi connectivity index (χ0n) is 3.55. The third-order valence-electron chi connectivity index (χ3n) is 0.175. The van der Waals surface area contributed by atoms with Crippen LogP contribution in [0.25, 0.3) is 0 Å². The van der Waals surface area contributed by atoms with Crippen LogP contribution < -0.4 is 0 Å². The molecule has 0 aromatic rings. The van der Waals surface area contributed by atoms with E-state index in [1.54, 1.807) is 0 Å². The molecule has 0 heterocycles. The molecule has 0 aliphatic carbocycles. The SMILES string of the molecule is C=CC(=O)O.F.[Si]. The summed E-state index contributed by atoms with van der Waals surface area (Å²) in [6.07, 6.45) is 0.833. The smallest absolute Gasteiger partial charge is 0.327 e. The summed E-state index contributed by atoms with van der Waals surface area (Å²) in [5.41, 5.74) is 0. The molecule has 0 fully saturated rings. The normalized spacial score (nSPS) is 4.57. The summed E-state index contributed by atoms with van der Waals surface area (Å²) in [6.45, 7) is 2.96. The molecular weight excluding hydrogens is 115 g/mol. The first kappa shape index (κ1) is 16.2. The first-order valence-electron chi connectivity index (χ1n) is 1.12. The van der Waals surface area contributed by atoms with Gasteiger partial charge in [-0.15, -0.1) is 0 Å². The molecule has 0 rings (SSSR count). The molecule has 4 radical (unpaired) electrons. The monoisotopic (exact) mass is 120 g/mol. The maximum Gasteiger partial charge on any atom is 0.327 e. The van der Waals surface area contributed by atoms with Crippen molar-refractivity contribution in [2.24, 2.45) is 0 Å². The standard InChI is InChI=1S/C3H4O2.FH.Si/c1-2-3(4)5;;/h2H,1H2,(H,4,5);1H;. The second kappa shape index (κ2) is 9.02. The largest absolute Gasteiger partial charge is 0.478 e. The Balaban J connectivity index is -0.0000000800. The molecule has 0 aromatic heterocycles. The third kappa shape index (κ3) is 32.8. The van der Waals surface area contributed by atoms with Crippen molar-refractivity contribution in [2.75, 3.05) is 0 Å². The number of hydrogen-bond donors (Lipinski definition) is 1. The summed E-state index contributed by atoms with van der Waals surface area (Å²) in [5.74, 6) is -0.981. The molecule has 4 heteroatoms. The van der Waals surface area contributed by atoms with Crippen molar-refractivity contribution in [3.63, 3.8) is 0 Å². The van der Waals surface area contributed by atoms with Crippen molar-refractivity contribution < 1.29 is 14.6 Å².